The molecule has 0 aliphatic carbocycles. The first-order valence-corrected chi connectivity index (χ1v) is 9.69. The molecular formula is C19H22Cl2F2N4O2. The fourth-order valence-electron chi connectivity index (χ4n) is 2.62. The summed E-state index contributed by atoms with van der Waals surface area (Å²) in [6, 6.07) is 7.90. The SMILES string of the molecule is CN=C(NCCCCn1ccccc1=O)NCc1cc(Cl)cc(Cl)c1OC(F)F. The van der Waals surface area contributed by atoms with E-state index in [-0.39, 0.29) is 22.9 Å². The maximum Gasteiger partial charge on any atom is 0.387 e. The quantitative estimate of drug-likeness (QED) is 0.348. The van der Waals surface area contributed by atoms with Crippen molar-refractivity contribution in [3.8, 4) is 5.75 Å². The molecule has 0 atom stereocenters. The molecule has 0 spiro atoms. The van der Waals surface area contributed by atoms with Crippen LogP contribution in [0.15, 0.2) is 46.3 Å². The average molecular weight is 447 g/mol. The minimum absolute atomic E-state index is 0.00806. The topological polar surface area (TPSA) is 67.7 Å². The molecule has 29 heavy (non-hydrogen) atoms. The summed E-state index contributed by atoms with van der Waals surface area (Å²) in [6.45, 7) is -1.61. The molecule has 0 amide bonds. The van der Waals surface area contributed by atoms with Crippen LogP contribution in [-0.4, -0.2) is 30.7 Å². The first kappa shape index (κ1) is 23.0. The average Bonchev–Trinajstić information content (AvgIpc) is 2.67. The number of rotatable bonds is 9. The molecule has 2 aromatic rings. The van der Waals surface area contributed by atoms with Crippen molar-refractivity contribution in [2.24, 2.45) is 4.99 Å². The van der Waals surface area contributed by atoms with Crippen LogP contribution in [0, 0.1) is 0 Å². The lowest BCUT2D eigenvalue weighted by Crippen LogP contribution is -2.37. The predicted octanol–water partition coefficient (Wildman–Crippen LogP) is 3.90. The van der Waals surface area contributed by atoms with Crippen LogP contribution in [-0.2, 0) is 13.1 Å². The Hall–Kier alpha value is -2.32. The molecular weight excluding hydrogens is 425 g/mol. The van der Waals surface area contributed by atoms with Crippen LogP contribution in [0.4, 0.5) is 8.78 Å². The third-order valence-electron chi connectivity index (χ3n) is 3.98. The number of hydrogen-bond acceptors (Lipinski definition) is 3. The lowest BCUT2D eigenvalue weighted by molar-refractivity contribution is -0.0504. The Morgan fingerprint density at radius 3 is 2.72 bits per heavy atom. The van der Waals surface area contributed by atoms with E-state index in [9.17, 15) is 13.6 Å². The zero-order valence-corrected chi connectivity index (χ0v) is 17.3. The van der Waals surface area contributed by atoms with Crippen molar-refractivity contribution in [3.05, 3.63) is 62.5 Å². The number of aliphatic imine (C=N–C) groups is 1. The number of pyridine rings is 1. The van der Waals surface area contributed by atoms with Crippen molar-refractivity contribution < 1.29 is 13.5 Å². The molecule has 1 aromatic carbocycles. The predicted molar refractivity (Wildman–Crippen MR) is 111 cm³/mol. The van der Waals surface area contributed by atoms with Crippen LogP contribution in [0.1, 0.15) is 18.4 Å². The first-order valence-electron chi connectivity index (χ1n) is 8.93. The van der Waals surface area contributed by atoms with Gasteiger partial charge in [0.05, 0.1) is 5.02 Å². The Kier molecular flexibility index (Phi) is 9.21. The number of ether oxygens (including phenoxy) is 1. The van der Waals surface area contributed by atoms with Gasteiger partial charge in [0.15, 0.2) is 5.96 Å². The van der Waals surface area contributed by atoms with Gasteiger partial charge < -0.3 is 19.9 Å². The summed E-state index contributed by atoms with van der Waals surface area (Å²) < 4.78 is 31.4. The van der Waals surface area contributed by atoms with Gasteiger partial charge in [0.1, 0.15) is 5.75 Å². The molecule has 158 valence electrons. The number of aromatic nitrogens is 1. The molecule has 2 rings (SSSR count). The van der Waals surface area contributed by atoms with Gasteiger partial charge in [0.25, 0.3) is 0 Å². The summed E-state index contributed by atoms with van der Waals surface area (Å²) in [4.78, 5) is 15.7. The summed E-state index contributed by atoms with van der Waals surface area (Å²) in [5.74, 6) is 0.364. The van der Waals surface area contributed by atoms with Crippen LogP contribution in [0.2, 0.25) is 10.0 Å². The molecule has 0 unspecified atom stereocenters. The van der Waals surface area contributed by atoms with E-state index in [0.29, 0.717) is 29.6 Å². The number of alkyl halides is 2. The number of aryl methyl sites for hydroxylation is 1. The molecule has 1 aromatic heterocycles. The molecule has 0 bridgehead atoms. The summed E-state index contributed by atoms with van der Waals surface area (Å²) in [6.07, 6.45) is 3.38. The van der Waals surface area contributed by atoms with Gasteiger partial charge in [-0.3, -0.25) is 9.79 Å². The second-order valence-corrected chi connectivity index (χ2v) is 6.89. The van der Waals surface area contributed by atoms with Crippen LogP contribution in [0.3, 0.4) is 0 Å². The smallest absolute Gasteiger partial charge is 0.387 e. The van der Waals surface area contributed by atoms with Gasteiger partial charge in [-0.1, -0.05) is 29.3 Å². The number of halogens is 4. The molecule has 0 aliphatic rings. The van der Waals surface area contributed by atoms with Gasteiger partial charge in [-0.15, -0.1) is 0 Å². The summed E-state index contributed by atoms with van der Waals surface area (Å²) in [7, 11) is 1.60. The van der Waals surface area contributed by atoms with Gasteiger partial charge in [0, 0.05) is 49.5 Å². The highest BCUT2D eigenvalue weighted by Gasteiger charge is 2.15. The Morgan fingerprint density at radius 1 is 1.24 bits per heavy atom. The van der Waals surface area contributed by atoms with Gasteiger partial charge in [-0.25, -0.2) is 0 Å². The minimum Gasteiger partial charge on any atom is -0.433 e. The van der Waals surface area contributed by atoms with Gasteiger partial charge in [-0.2, -0.15) is 8.78 Å². The van der Waals surface area contributed by atoms with E-state index in [2.05, 4.69) is 20.4 Å². The molecule has 2 N–H and O–H groups in total. The van der Waals surface area contributed by atoms with E-state index in [1.165, 1.54) is 18.2 Å². The monoisotopic (exact) mass is 446 g/mol. The number of nitrogens with zero attached hydrogens (tertiary/aromatic N) is 2. The summed E-state index contributed by atoms with van der Waals surface area (Å²) >= 11 is 11.9. The molecule has 10 heteroatoms. The molecule has 1 heterocycles. The van der Waals surface area contributed by atoms with Gasteiger partial charge >= 0.3 is 6.61 Å². The van der Waals surface area contributed by atoms with E-state index >= 15 is 0 Å². The highest BCUT2D eigenvalue weighted by Crippen LogP contribution is 2.33. The third-order valence-corrected chi connectivity index (χ3v) is 4.48. The van der Waals surface area contributed by atoms with Crippen molar-refractivity contribution >= 4 is 29.2 Å². The van der Waals surface area contributed by atoms with Crippen molar-refractivity contribution in [2.75, 3.05) is 13.6 Å². The molecule has 6 nitrogen and oxygen atoms in total. The van der Waals surface area contributed by atoms with Crippen LogP contribution < -0.4 is 20.9 Å². The Bertz CT molecular complexity index is 891. The number of unbranched alkanes of at least 4 members (excludes halogenated alkanes) is 1. The number of guanidine groups is 1. The van der Waals surface area contributed by atoms with Crippen LogP contribution >= 0.6 is 23.2 Å². The highest BCUT2D eigenvalue weighted by atomic mass is 35.5. The standard InChI is InChI=1S/C19H22Cl2F2N4O2/c1-24-19(25-7-3-5-9-27-8-4-2-6-16(27)28)26-12-13-10-14(20)11-15(21)17(13)29-18(22)23/h2,4,6,8,10-11,18H,3,5,7,9,12H2,1H3,(H2,24,25,26). The zero-order valence-electron chi connectivity index (χ0n) is 15.8. The Balaban J connectivity index is 1.83. The third kappa shape index (κ3) is 7.55. The molecule has 0 fully saturated rings. The largest absolute Gasteiger partial charge is 0.433 e. The van der Waals surface area contributed by atoms with Gasteiger partial charge in [0.2, 0.25) is 5.56 Å². The van der Waals surface area contributed by atoms with E-state index in [1.807, 2.05) is 6.07 Å². The maximum atomic E-state index is 12.6. The highest BCUT2D eigenvalue weighted by molar-refractivity contribution is 6.35. The number of nitrogens with one attached hydrogen (secondary N) is 2. The van der Waals surface area contributed by atoms with Crippen molar-refractivity contribution in [1.82, 2.24) is 15.2 Å². The maximum absolute atomic E-state index is 12.6. The lowest BCUT2D eigenvalue weighted by atomic mass is 10.2. The van der Waals surface area contributed by atoms with Crippen LogP contribution in [0.25, 0.3) is 0 Å². The molecule has 0 saturated heterocycles. The molecule has 0 radical (unpaired) electrons. The number of hydrogen-bond donors (Lipinski definition) is 2. The zero-order chi connectivity index (χ0) is 21.2. The second kappa shape index (κ2) is 11.6. The van der Waals surface area contributed by atoms with E-state index in [4.69, 9.17) is 23.2 Å². The van der Waals surface area contributed by atoms with E-state index in [0.717, 1.165) is 12.8 Å². The van der Waals surface area contributed by atoms with Crippen molar-refractivity contribution in [1.29, 1.82) is 0 Å². The Morgan fingerprint density at radius 2 is 2.03 bits per heavy atom. The number of benzene rings is 1. The fourth-order valence-corrected chi connectivity index (χ4v) is 3.21. The summed E-state index contributed by atoms with van der Waals surface area (Å²) in [5, 5.41) is 6.46. The molecule has 0 saturated carbocycles. The fraction of sp³-hybridized carbons (Fsp3) is 0.368. The summed E-state index contributed by atoms with van der Waals surface area (Å²) in [5.41, 5.74) is 0.356. The second-order valence-electron chi connectivity index (χ2n) is 6.05. The Labute approximate surface area is 177 Å². The van der Waals surface area contributed by atoms with E-state index < -0.39 is 6.61 Å². The molecule has 0 aliphatic heterocycles. The van der Waals surface area contributed by atoms with Crippen molar-refractivity contribution in [3.63, 3.8) is 0 Å². The lowest BCUT2D eigenvalue weighted by Gasteiger charge is -2.16. The first-order chi connectivity index (χ1) is 13.9. The van der Waals surface area contributed by atoms with Crippen molar-refractivity contribution in [2.45, 2.75) is 32.5 Å². The minimum atomic E-state index is -3.00. The van der Waals surface area contributed by atoms with Crippen LogP contribution in [0.5, 0.6) is 5.75 Å². The van der Waals surface area contributed by atoms with E-state index in [1.54, 1.807) is 23.9 Å². The van der Waals surface area contributed by atoms with Gasteiger partial charge in [-0.05, 0) is 31.0 Å². The normalized spacial score (nSPS) is 11.6.